The standard InChI is InChI=1S/C15H20Br2O3/c1-9(2)4-5-18-15(10(3)16)11-6-13-14(7-12(11)17)20-8-19-13/h6-7,9-10,15H,4-5,8H2,1-3H3/t10-,15-/m0/s1. The molecule has 0 bridgehead atoms. The van der Waals surface area contributed by atoms with E-state index >= 15 is 0 Å². The largest absolute Gasteiger partial charge is 0.454 e. The highest BCUT2D eigenvalue weighted by molar-refractivity contribution is 9.10. The predicted molar refractivity (Wildman–Crippen MR) is 86.8 cm³/mol. The van der Waals surface area contributed by atoms with E-state index in [1.54, 1.807) is 0 Å². The van der Waals surface area contributed by atoms with E-state index in [0.29, 0.717) is 5.92 Å². The van der Waals surface area contributed by atoms with E-state index in [1.165, 1.54) is 0 Å². The van der Waals surface area contributed by atoms with Crippen molar-refractivity contribution in [3.8, 4) is 11.5 Å². The number of hydrogen-bond donors (Lipinski definition) is 0. The second-order valence-corrected chi connectivity index (χ2v) is 7.68. The summed E-state index contributed by atoms with van der Waals surface area (Å²) >= 11 is 7.24. The van der Waals surface area contributed by atoms with Crippen molar-refractivity contribution in [1.82, 2.24) is 0 Å². The first-order chi connectivity index (χ1) is 9.49. The first kappa shape index (κ1) is 16.1. The smallest absolute Gasteiger partial charge is 0.231 e. The molecule has 0 fully saturated rings. The van der Waals surface area contributed by atoms with Gasteiger partial charge in [-0.3, -0.25) is 0 Å². The van der Waals surface area contributed by atoms with Gasteiger partial charge in [-0.05, 0) is 31.4 Å². The number of benzene rings is 1. The average molecular weight is 408 g/mol. The molecule has 0 aromatic heterocycles. The lowest BCUT2D eigenvalue weighted by Gasteiger charge is -2.23. The molecule has 1 aromatic carbocycles. The van der Waals surface area contributed by atoms with Crippen molar-refractivity contribution in [2.24, 2.45) is 5.92 Å². The zero-order valence-corrected chi connectivity index (χ0v) is 15.2. The Kier molecular flexibility index (Phi) is 5.75. The summed E-state index contributed by atoms with van der Waals surface area (Å²) in [5.74, 6) is 2.21. The number of hydrogen-bond acceptors (Lipinski definition) is 3. The average Bonchev–Trinajstić information content (AvgIpc) is 2.80. The molecule has 1 aromatic rings. The Hall–Kier alpha value is -0.260. The molecular weight excluding hydrogens is 388 g/mol. The van der Waals surface area contributed by atoms with Gasteiger partial charge in [0.15, 0.2) is 11.5 Å². The third kappa shape index (κ3) is 3.89. The molecule has 5 heteroatoms. The van der Waals surface area contributed by atoms with Crippen LogP contribution >= 0.6 is 31.9 Å². The second kappa shape index (κ2) is 7.14. The van der Waals surface area contributed by atoms with Crippen LogP contribution in [0.15, 0.2) is 16.6 Å². The van der Waals surface area contributed by atoms with Crippen molar-refractivity contribution < 1.29 is 14.2 Å². The van der Waals surface area contributed by atoms with E-state index in [0.717, 1.165) is 34.6 Å². The second-order valence-electron chi connectivity index (χ2n) is 5.38. The molecule has 0 N–H and O–H groups in total. The molecule has 0 aliphatic carbocycles. The highest BCUT2D eigenvalue weighted by Crippen LogP contribution is 2.41. The summed E-state index contributed by atoms with van der Waals surface area (Å²) in [5, 5.41) is 0. The summed E-state index contributed by atoms with van der Waals surface area (Å²) in [6.07, 6.45) is 1.04. The fourth-order valence-electron chi connectivity index (χ4n) is 2.05. The number of rotatable bonds is 6. The van der Waals surface area contributed by atoms with Gasteiger partial charge in [-0.2, -0.15) is 0 Å². The lowest BCUT2D eigenvalue weighted by Crippen LogP contribution is -2.15. The van der Waals surface area contributed by atoms with Crippen LogP contribution in [0.4, 0.5) is 0 Å². The van der Waals surface area contributed by atoms with Gasteiger partial charge in [0, 0.05) is 21.5 Å². The SMILES string of the molecule is CC(C)CCO[C@H](c1cc2c(cc1Br)OCO2)[C@H](C)Br. The first-order valence-electron chi connectivity index (χ1n) is 6.83. The van der Waals surface area contributed by atoms with Crippen LogP contribution in [0.1, 0.15) is 38.9 Å². The minimum absolute atomic E-state index is 0.0161. The molecule has 2 atom stereocenters. The van der Waals surface area contributed by atoms with Crippen molar-refractivity contribution in [3.63, 3.8) is 0 Å². The van der Waals surface area contributed by atoms with Gasteiger partial charge in [-0.1, -0.05) is 45.7 Å². The van der Waals surface area contributed by atoms with E-state index in [4.69, 9.17) is 14.2 Å². The third-order valence-electron chi connectivity index (χ3n) is 3.21. The van der Waals surface area contributed by atoms with Crippen LogP contribution in [-0.2, 0) is 4.74 Å². The lowest BCUT2D eigenvalue weighted by atomic mass is 10.1. The molecule has 2 rings (SSSR count). The number of ether oxygens (including phenoxy) is 3. The first-order valence-corrected chi connectivity index (χ1v) is 8.54. The molecule has 1 aliphatic heterocycles. The van der Waals surface area contributed by atoms with E-state index in [9.17, 15) is 0 Å². The van der Waals surface area contributed by atoms with Gasteiger partial charge in [-0.15, -0.1) is 0 Å². The molecular formula is C15H20Br2O3. The van der Waals surface area contributed by atoms with E-state index in [1.807, 2.05) is 12.1 Å². The van der Waals surface area contributed by atoms with Crippen LogP contribution < -0.4 is 9.47 Å². The fraction of sp³-hybridized carbons (Fsp3) is 0.600. The minimum Gasteiger partial charge on any atom is -0.454 e. The Bertz CT molecular complexity index is 461. The molecule has 3 nitrogen and oxygen atoms in total. The number of halogens is 2. The van der Waals surface area contributed by atoms with Gasteiger partial charge < -0.3 is 14.2 Å². The molecule has 1 heterocycles. The summed E-state index contributed by atoms with van der Waals surface area (Å²) < 4.78 is 17.9. The maximum atomic E-state index is 6.07. The molecule has 20 heavy (non-hydrogen) atoms. The normalized spacial score (nSPS) is 16.5. The summed E-state index contributed by atoms with van der Waals surface area (Å²) in [6.45, 7) is 7.53. The third-order valence-corrected chi connectivity index (χ3v) is 4.38. The van der Waals surface area contributed by atoms with Crippen LogP contribution in [0, 0.1) is 5.92 Å². The number of alkyl halides is 1. The zero-order valence-electron chi connectivity index (χ0n) is 12.0. The Morgan fingerprint density at radius 2 is 1.85 bits per heavy atom. The maximum absolute atomic E-state index is 6.07. The van der Waals surface area contributed by atoms with Gasteiger partial charge in [0.2, 0.25) is 6.79 Å². The molecule has 0 radical (unpaired) electrons. The van der Waals surface area contributed by atoms with E-state index in [2.05, 4.69) is 52.6 Å². The van der Waals surface area contributed by atoms with Gasteiger partial charge in [0.1, 0.15) is 0 Å². The Morgan fingerprint density at radius 1 is 1.20 bits per heavy atom. The summed E-state index contributed by atoms with van der Waals surface area (Å²) in [5.41, 5.74) is 1.09. The quantitative estimate of drug-likeness (QED) is 0.616. The van der Waals surface area contributed by atoms with E-state index < -0.39 is 0 Å². The highest BCUT2D eigenvalue weighted by Gasteiger charge is 2.24. The van der Waals surface area contributed by atoms with Crippen LogP contribution in [0.3, 0.4) is 0 Å². The predicted octanol–water partition coefficient (Wildman–Crippen LogP) is 5.07. The molecule has 112 valence electrons. The Morgan fingerprint density at radius 3 is 2.45 bits per heavy atom. The molecule has 1 aliphatic rings. The Labute approximate surface area is 137 Å². The molecule has 0 saturated heterocycles. The number of fused-ring (bicyclic) bond motifs is 1. The van der Waals surface area contributed by atoms with Gasteiger partial charge >= 0.3 is 0 Å². The summed E-state index contributed by atoms with van der Waals surface area (Å²) in [4.78, 5) is 0.214. The van der Waals surface area contributed by atoms with Crippen molar-refractivity contribution in [2.75, 3.05) is 13.4 Å². The summed E-state index contributed by atoms with van der Waals surface area (Å²) in [6, 6.07) is 3.95. The van der Waals surface area contributed by atoms with Crippen molar-refractivity contribution in [3.05, 3.63) is 22.2 Å². The van der Waals surface area contributed by atoms with Crippen molar-refractivity contribution >= 4 is 31.9 Å². The minimum atomic E-state index is -0.0161. The molecule has 0 saturated carbocycles. The van der Waals surface area contributed by atoms with Crippen LogP contribution in [-0.4, -0.2) is 18.2 Å². The van der Waals surface area contributed by atoms with Crippen LogP contribution in [0.5, 0.6) is 11.5 Å². The van der Waals surface area contributed by atoms with Gasteiger partial charge in [0.25, 0.3) is 0 Å². The van der Waals surface area contributed by atoms with Crippen molar-refractivity contribution in [1.29, 1.82) is 0 Å². The summed E-state index contributed by atoms with van der Waals surface area (Å²) in [7, 11) is 0. The lowest BCUT2D eigenvalue weighted by molar-refractivity contribution is 0.0475. The fourth-order valence-corrected chi connectivity index (χ4v) is 3.04. The van der Waals surface area contributed by atoms with Gasteiger partial charge in [0.05, 0.1) is 6.10 Å². The van der Waals surface area contributed by atoms with Crippen LogP contribution in [0.25, 0.3) is 0 Å². The Balaban J connectivity index is 2.16. The monoisotopic (exact) mass is 406 g/mol. The van der Waals surface area contributed by atoms with Gasteiger partial charge in [-0.25, -0.2) is 0 Å². The zero-order chi connectivity index (χ0) is 14.7. The van der Waals surface area contributed by atoms with E-state index in [-0.39, 0.29) is 17.7 Å². The molecule has 0 spiro atoms. The maximum Gasteiger partial charge on any atom is 0.231 e. The molecule has 0 amide bonds. The molecule has 0 unspecified atom stereocenters. The highest BCUT2D eigenvalue weighted by atomic mass is 79.9. The van der Waals surface area contributed by atoms with Crippen molar-refractivity contribution in [2.45, 2.75) is 38.1 Å². The van der Waals surface area contributed by atoms with Crippen LogP contribution in [0.2, 0.25) is 0 Å². The topological polar surface area (TPSA) is 27.7 Å².